The molecule has 0 bridgehead atoms. The van der Waals surface area contributed by atoms with Crippen LogP contribution in [-0.4, -0.2) is 30.1 Å². The van der Waals surface area contributed by atoms with E-state index in [2.05, 4.69) is 38.0 Å². The largest absolute Gasteiger partial charge is 0.356 e. The van der Waals surface area contributed by atoms with Crippen LogP contribution in [0, 0.1) is 6.92 Å². The topological polar surface area (TPSA) is 32.3 Å². The van der Waals surface area contributed by atoms with Crippen molar-refractivity contribution < 1.29 is 0 Å². The van der Waals surface area contributed by atoms with E-state index in [1.165, 1.54) is 12.8 Å². The predicted octanol–water partition coefficient (Wildman–Crippen LogP) is 3.15. The molecule has 1 aliphatic rings. The van der Waals surface area contributed by atoms with Crippen molar-refractivity contribution in [2.24, 2.45) is 0 Å². The average Bonchev–Trinajstić information content (AvgIpc) is 3.01. The minimum absolute atomic E-state index is 0.826. The van der Waals surface area contributed by atoms with Gasteiger partial charge < -0.3 is 9.80 Å². The molecule has 1 fully saturated rings. The highest BCUT2D eigenvalue weighted by Gasteiger charge is 2.16. The first-order valence-electron chi connectivity index (χ1n) is 7.13. The molecule has 1 aromatic heterocycles. The number of aryl methyl sites for hydroxylation is 1. The lowest BCUT2D eigenvalue weighted by Gasteiger charge is -2.22. The molecule has 1 aromatic carbocycles. The number of hydrogen-bond donors (Lipinski definition) is 0. The Hall–Kier alpha value is -2.10. The zero-order valence-corrected chi connectivity index (χ0v) is 12.1. The van der Waals surface area contributed by atoms with Crippen LogP contribution in [0.5, 0.6) is 0 Å². The van der Waals surface area contributed by atoms with Gasteiger partial charge in [-0.25, -0.2) is 9.97 Å². The number of nitrogens with zero attached hydrogens (tertiary/aromatic N) is 4. The van der Waals surface area contributed by atoms with Crippen LogP contribution >= 0.6 is 0 Å². The second-order valence-electron chi connectivity index (χ2n) is 5.22. The van der Waals surface area contributed by atoms with Crippen LogP contribution in [0.4, 0.5) is 17.3 Å². The second-order valence-corrected chi connectivity index (χ2v) is 5.22. The molecule has 2 heterocycles. The zero-order chi connectivity index (χ0) is 13.9. The molecule has 0 atom stereocenters. The molecule has 0 aliphatic carbocycles. The maximum atomic E-state index is 4.58. The van der Waals surface area contributed by atoms with Crippen molar-refractivity contribution in [3.8, 4) is 0 Å². The molecule has 1 saturated heterocycles. The summed E-state index contributed by atoms with van der Waals surface area (Å²) in [4.78, 5) is 13.6. The monoisotopic (exact) mass is 268 g/mol. The van der Waals surface area contributed by atoms with E-state index < -0.39 is 0 Å². The fourth-order valence-corrected chi connectivity index (χ4v) is 2.60. The Balaban J connectivity index is 1.93. The van der Waals surface area contributed by atoms with Crippen molar-refractivity contribution in [2.75, 3.05) is 29.9 Å². The van der Waals surface area contributed by atoms with Gasteiger partial charge in [-0.1, -0.05) is 18.2 Å². The minimum Gasteiger partial charge on any atom is -0.356 e. The molecule has 20 heavy (non-hydrogen) atoms. The van der Waals surface area contributed by atoms with Gasteiger partial charge in [-0.05, 0) is 31.9 Å². The van der Waals surface area contributed by atoms with Gasteiger partial charge in [-0.15, -0.1) is 0 Å². The molecule has 0 unspecified atom stereocenters. The van der Waals surface area contributed by atoms with E-state index in [9.17, 15) is 0 Å². The summed E-state index contributed by atoms with van der Waals surface area (Å²) in [7, 11) is 2.05. The van der Waals surface area contributed by atoms with E-state index in [0.717, 1.165) is 36.2 Å². The van der Waals surface area contributed by atoms with Gasteiger partial charge in [0, 0.05) is 31.9 Å². The fraction of sp³-hybridized carbons (Fsp3) is 0.375. The minimum atomic E-state index is 0.826. The van der Waals surface area contributed by atoms with Crippen molar-refractivity contribution in [2.45, 2.75) is 19.8 Å². The van der Waals surface area contributed by atoms with Gasteiger partial charge in [0.05, 0.1) is 0 Å². The van der Waals surface area contributed by atoms with Crippen molar-refractivity contribution in [3.63, 3.8) is 0 Å². The van der Waals surface area contributed by atoms with Crippen LogP contribution in [0.25, 0.3) is 0 Å². The molecule has 0 N–H and O–H groups in total. The van der Waals surface area contributed by atoms with Gasteiger partial charge in [0.25, 0.3) is 0 Å². The maximum Gasteiger partial charge on any atom is 0.138 e. The number of anilines is 3. The Kier molecular flexibility index (Phi) is 3.54. The molecule has 104 valence electrons. The predicted molar refractivity (Wildman–Crippen MR) is 82.7 cm³/mol. The Morgan fingerprint density at radius 1 is 1.05 bits per heavy atom. The van der Waals surface area contributed by atoms with Gasteiger partial charge in [-0.2, -0.15) is 0 Å². The third kappa shape index (κ3) is 2.59. The summed E-state index contributed by atoms with van der Waals surface area (Å²) in [5.74, 6) is 2.82. The van der Waals surface area contributed by atoms with Crippen molar-refractivity contribution in [3.05, 3.63) is 42.2 Å². The smallest absolute Gasteiger partial charge is 0.138 e. The van der Waals surface area contributed by atoms with E-state index >= 15 is 0 Å². The summed E-state index contributed by atoms with van der Waals surface area (Å²) in [6, 6.07) is 12.4. The van der Waals surface area contributed by atoms with Crippen LogP contribution in [0.2, 0.25) is 0 Å². The number of hydrogen-bond acceptors (Lipinski definition) is 4. The Bertz CT molecular complexity index is 576. The zero-order valence-electron chi connectivity index (χ0n) is 12.1. The normalized spacial score (nSPS) is 14.6. The summed E-state index contributed by atoms with van der Waals surface area (Å²) >= 11 is 0. The van der Waals surface area contributed by atoms with E-state index in [1.807, 2.05) is 32.2 Å². The first kappa shape index (κ1) is 12.9. The lowest BCUT2D eigenvalue weighted by Crippen LogP contribution is -2.21. The molecular formula is C16H20N4. The molecule has 2 aromatic rings. The summed E-state index contributed by atoms with van der Waals surface area (Å²) in [6.45, 7) is 4.16. The standard InChI is InChI=1S/C16H20N4/c1-13-17-15(19(2)14-8-4-3-5-9-14)12-16(18-13)20-10-6-7-11-20/h3-5,8-9,12H,6-7,10-11H2,1-2H3. The van der Waals surface area contributed by atoms with Gasteiger partial charge >= 0.3 is 0 Å². The summed E-state index contributed by atoms with van der Waals surface area (Å²) in [5, 5.41) is 0. The van der Waals surface area contributed by atoms with Crippen LogP contribution in [0.3, 0.4) is 0 Å². The van der Waals surface area contributed by atoms with Crippen molar-refractivity contribution >= 4 is 17.3 Å². The third-order valence-electron chi connectivity index (χ3n) is 3.73. The fourth-order valence-electron chi connectivity index (χ4n) is 2.60. The summed E-state index contributed by atoms with van der Waals surface area (Å²) in [6.07, 6.45) is 2.51. The number of rotatable bonds is 3. The molecule has 0 spiro atoms. The Labute approximate surface area is 120 Å². The van der Waals surface area contributed by atoms with Gasteiger partial charge in [-0.3, -0.25) is 0 Å². The molecule has 0 radical (unpaired) electrons. The average molecular weight is 268 g/mol. The summed E-state index contributed by atoms with van der Waals surface area (Å²) in [5.41, 5.74) is 1.14. The van der Waals surface area contributed by atoms with Gasteiger partial charge in [0.2, 0.25) is 0 Å². The molecule has 3 rings (SSSR count). The summed E-state index contributed by atoms with van der Waals surface area (Å²) < 4.78 is 0. The van der Waals surface area contributed by atoms with Crippen LogP contribution in [0.15, 0.2) is 36.4 Å². The highest BCUT2D eigenvalue weighted by Crippen LogP contribution is 2.26. The van der Waals surface area contributed by atoms with Gasteiger partial charge in [0.1, 0.15) is 17.5 Å². The molecule has 0 saturated carbocycles. The lowest BCUT2D eigenvalue weighted by molar-refractivity contribution is 0.904. The Morgan fingerprint density at radius 3 is 2.45 bits per heavy atom. The molecular weight excluding hydrogens is 248 g/mol. The first-order valence-corrected chi connectivity index (χ1v) is 7.13. The van der Waals surface area contributed by atoms with Crippen LogP contribution in [-0.2, 0) is 0 Å². The SMILES string of the molecule is Cc1nc(N2CCCC2)cc(N(C)c2ccccc2)n1. The molecule has 0 amide bonds. The van der Waals surface area contributed by atoms with Crippen LogP contribution < -0.4 is 9.80 Å². The first-order chi connectivity index (χ1) is 9.74. The highest BCUT2D eigenvalue weighted by atomic mass is 15.2. The molecule has 4 nitrogen and oxygen atoms in total. The van der Waals surface area contributed by atoms with E-state index in [-0.39, 0.29) is 0 Å². The maximum absolute atomic E-state index is 4.58. The lowest BCUT2D eigenvalue weighted by atomic mass is 10.3. The number of para-hydroxylation sites is 1. The molecule has 4 heteroatoms. The second kappa shape index (κ2) is 5.49. The number of benzene rings is 1. The van der Waals surface area contributed by atoms with Crippen molar-refractivity contribution in [1.82, 2.24) is 9.97 Å². The Morgan fingerprint density at radius 2 is 1.75 bits per heavy atom. The van der Waals surface area contributed by atoms with Crippen molar-refractivity contribution in [1.29, 1.82) is 0 Å². The van der Waals surface area contributed by atoms with Gasteiger partial charge in [0.15, 0.2) is 0 Å². The number of aromatic nitrogens is 2. The van der Waals surface area contributed by atoms with E-state index in [4.69, 9.17) is 0 Å². The molecule has 1 aliphatic heterocycles. The third-order valence-corrected chi connectivity index (χ3v) is 3.73. The quantitative estimate of drug-likeness (QED) is 0.856. The van der Waals surface area contributed by atoms with E-state index in [0.29, 0.717) is 0 Å². The highest BCUT2D eigenvalue weighted by molar-refractivity contribution is 5.62. The van der Waals surface area contributed by atoms with Crippen LogP contribution in [0.1, 0.15) is 18.7 Å². The van der Waals surface area contributed by atoms with E-state index in [1.54, 1.807) is 0 Å².